The molecular formula is C12H15N3O3S. The van der Waals surface area contributed by atoms with E-state index >= 15 is 0 Å². The predicted octanol–water partition coefficient (Wildman–Crippen LogP) is 0.955. The molecular weight excluding hydrogens is 266 g/mol. The number of sulfonamides is 1. The summed E-state index contributed by atoms with van der Waals surface area (Å²) in [6.07, 6.45) is 3.43. The normalized spacial score (nSPS) is 11.5. The van der Waals surface area contributed by atoms with Gasteiger partial charge in [-0.05, 0) is 24.6 Å². The summed E-state index contributed by atoms with van der Waals surface area (Å²) >= 11 is 0. The van der Waals surface area contributed by atoms with E-state index < -0.39 is 10.0 Å². The van der Waals surface area contributed by atoms with Crippen molar-refractivity contribution in [2.75, 3.05) is 0 Å². The van der Waals surface area contributed by atoms with Crippen molar-refractivity contribution in [3.8, 4) is 5.75 Å². The summed E-state index contributed by atoms with van der Waals surface area (Å²) in [5.41, 5.74) is 0.799. The number of benzene rings is 1. The van der Waals surface area contributed by atoms with Gasteiger partial charge in [0, 0.05) is 19.4 Å². The number of nitrogens with zero attached hydrogens (tertiary/aromatic N) is 2. The highest BCUT2D eigenvalue weighted by atomic mass is 32.2. The molecule has 0 fully saturated rings. The van der Waals surface area contributed by atoms with Gasteiger partial charge < -0.3 is 9.30 Å². The van der Waals surface area contributed by atoms with Crippen LogP contribution >= 0.6 is 0 Å². The van der Waals surface area contributed by atoms with Gasteiger partial charge >= 0.3 is 0 Å². The van der Waals surface area contributed by atoms with E-state index in [9.17, 15) is 8.42 Å². The Kier molecular flexibility index (Phi) is 3.59. The van der Waals surface area contributed by atoms with Gasteiger partial charge in [-0.15, -0.1) is 0 Å². The Hall–Kier alpha value is -1.86. The molecule has 0 aliphatic carbocycles. The van der Waals surface area contributed by atoms with Gasteiger partial charge in [0.1, 0.15) is 23.1 Å². The Morgan fingerprint density at radius 2 is 2.16 bits per heavy atom. The van der Waals surface area contributed by atoms with Crippen LogP contribution in [-0.4, -0.2) is 18.0 Å². The maximum Gasteiger partial charge on any atom is 0.241 e. The monoisotopic (exact) mass is 281 g/mol. The van der Waals surface area contributed by atoms with E-state index in [-0.39, 0.29) is 17.3 Å². The zero-order valence-corrected chi connectivity index (χ0v) is 11.5. The molecule has 0 saturated carbocycles. The minimum Gasteiger partial charge on any atom is -0.484 e. The largest absolute Gasteiger partial charge is 0.484 e. The lowest BCUT2D eigenvalue weighted by atomic mass is 10.2. The van der Waals surface area contributed by atoms with Crippen LogP contribution < -0.4 is 9.88 Å². The first-order valence-electron chi connectivity index (χ1n) is 5.60. The van der Waals surface area contributed by atoms with Gasteiger partial charge in [0.05, 0.1) is 0 Å². The SMILES string of the molecule is Cc1ccc(OCc2nccn2C)c(S(N)(=O)=O)c1. The molecule has 1 heterocycles. The number of ether oxygens (including phenoxy) is 1. The van der Waals surface area contributed by atoms with Crippen molar-refractivity contribution in [3.63, 3.8) is 0 Å². The summed E-state index contributed by atoms with van der Waals surface area (Å²) in [5.74, 6) is 0.928. The van der Waals surface area contributed by atoms with Crippen LogP contribution in [0, 0.1) is 6.92 Å². The highest BCUT2D eigenvalue weighted by Gasteiger charge is 2.16. The highest BCUT2D eigenvalue weighted by molar-refractivity contribution is 7.89. The summed E-state index contributed by atoms with van der Waals surface area (Å²) in [7, 11) is -1.97. The summed E-state index contributed by atoms with van der Waals surface area (Å²) in [4.78, 5) is 4.09. The molecule has 6 nitrogen and oxygen atoms in total. The molecule has 0 bridgehead atoms. The highest BCUT2D eigenvalue weighted by Crippen LogP contribution is 2.24. The van der Waals surface area contributed by atoms with Gasteiger partial charge in [-0.2, -0.15) is 0 Å². The summed E-state index contributed by atoms with van der Waals surface area (Å²) in [6, 6.07) is 4.85. The number of rotatable bonds is 4. The van der Waals surface area contributed by atoms with Crippen LogP contribution in [0.4, 0.5) is 0 Å². The summed E-state index contributed by atoms with van der Waals surface area (Å²) in [5, 5.41) is 5.18. The molecule has 0 atom stereocenters. The molecule has 7 heteroatoms. The Morgan fingerprint density at radius 3 is 2.74 bits per heavy atom. The number of aromatic nitrogens is 2. The molecule has 0 aliphatic rings. The first-order chi connectivity index (χ1) is 8.88. The van der Waals surface area contributed by atoms with Crippen LogP contribution in [-0.2, 0) is 23.7 Å². The summed E-state index contributed by atoms with van der Waals surface area (Å²) in [6.45, 7) is 1.96. The van der Waals surface area contributed by atoms with Gasteiger partial charge in [0.2, 0.25) is 10.0 Å². The maximum absolute atomic E-state index is 11.5. The van der Waals surface area contributed by atoms with E-state index in [2.05, 4.69) is 4.98 Å². The zero-order chi connectivity index (χ0) is 14.0. The average Bonchev–Trinajstić information content (AvgIpc) is 2.72. The van der Waals surface area contributed by atoms with E-state index in [0.29, 0.717) is 5.82 Å². The molecule has 0 amide bonds. The predicted molar refractivity (Wildman–Crippen MR) is 70.1 cm³/mol. The van der Waals surface area contributed by atoms with Crippen molar-refractivity contribution in [3.05, 3.63) is 42.0 Å². The Morgan fingerprint density at radius 1 is 1.42 bits per heavy atom. The molecule has 2 aromatic rings. The maximum atomic E-state index is 11.5. The number of primary sulfonamides is 1. The van der Waals surface area contributed by atoms with Crippen molar-refractivity contribution >= 4 is 10.0 Å². The first kappa shape index (κ1) is 13.6. The molecule has 0 saturated heterocycles. The van der Waals surface area contributed by atoms with Crippen LogP contribution in [0.25, 0.3) is 0 Å². The molecule has 1 aromatic carbocycles. The van der Waals surface area contributed by atoms with E-state index in [1.165, 1.54) is 6.07 Å². The lowest BCUT2D eigenvalue weighted by molar-refractivity contribution is 0.284. The second-order valence-corrected chi connectivity index (χ2v) is 5.77. The smallest absolute Gasteiger partial charge is 0.241 e. The van der Waals surface area contributed by atoms with Gasteiger partial charge in [-0.3, -0.25) is 0 Å². The number of hydrogen-bond donors (Lipinski definition) is 1. The molecule has 0 aliphatic heterocycles. The second kappa shape index (κ2) is 5.02. The fourth-order valence-electron chi connectivity index (χ4n) is 1.63. The number of imidazole rings is 1. The van der Waals surface area contributed by atoms with Crippen LogP contribution in [0.1, 0.15) is 11.4 Å². The van der Waals surface area contributed by atoms with Crippen LogP contribution in [0.15, 0.2) is 35.5 Å². The quantitative estimate of drug-likeness (QED) is 0.904. The van der Waals surface area contributed by atoms with Gasteiger partial charge in [0.25, 0.3) is 0 Å². The van der Waals surface area contributed by atoms with Crippen LogP contribution in [0.5, 0.6) is 5.75 Å². The van der Waals surface area contributed by atoms with E-state index in [4.69, 9.17) is 9.88 Å². The van der Waals surface area contributed by atoms with Crippen LogP contribution in [0.3, 0.4) is 0 Å². The Bertz CT molecular complexity index is 692. The molecule has 0 spiro atoms. The molecule has 0 radical (unpaired) electrons. The van der Waals surface area contributed by atoms with Gasteiger partial charge in [-0.1, -0.05) is 6.07 Å². The number of aryl methyl sites for hydroxylation is 2. The topological polar surface area (TPSA) is 87.2 Å². The Balaban J connectivity index is 2.28. The van der Waals surface area contributed by atoms with Crippen LogP contribution in [0.2, 0.25) is 0 Å². The third kappa shape index (κ3) is 3.12. The Labute approximate surface area is 111 Å². The number of hydrogen-bond acceptors (Lipinski definition) is 4. The molecule has 2 rings (SSSR count). The lowest BCUT2D eigenvalue weighted by Crippen LogP contribution is -2.14. The van der Waals surface area contributed by atoms with E-state index in [0.717, 1.165) is 5.56 Å². The molecule has 102 valence electrons. The third-order valence-corrected chi connectivity index (χ3v) is 3.62. The van der Waals surface area contributed by atoms with Gasteiger partial charge in [-0.25, -0.2) is 18.5 Å². The van der Waals surface area contributed by atoms with Crippen molar-refractivity contribution in [1.29, 1.82) is 0 Å². The third-order valence-electron chi connectivity index (χ3n) is 2.68. The molecule has 19 heavy (non-hydrogen) atoms. The number of nitrogens with two attached hydrogens (primary N) is 1. The molecule has 1 aromatic heterocycles. The van der Waals surface area contributed by atoms with Crippen molar-refractivity contribution < 1.29 is 13.2 Å². The van der Waals surface area contributed by atoms with Gasteiger partial charge in [0.15, 0.2) is 0 Å². The zero-order valence-electron chi connectivity index (χ0n) is 10.7. The van der Waals surface area contributed by atoms with Crippen molar-refractivity contribution in [1.82, 2.24) is 9.55 Å². The van der Waals surface area contributed by atoms with E-state index in [1.807, 2.05) is 7.05 Å². The fourth-order valence-corrected chi connectivity index (χ4v) is 2.39. The van der Waals surface area contributed by atoms with Crippen molar-refractivity contribution in [2.24, 2.45) is 12.2 Å². The average molecular weight is 281 g/mol. The van der Waals surface area contributed by atoms with E-state index in [1.54, 1.807) is 36.0 Å². The minimum absolute atomic E-state index is 0.0123. The first-order valence-corrected chi connectivity index (χ1v) is 7.15. The van der Waals surface area contributed by atoms with Crippen molar-refractivity contribution in [2.45, 2.75) is 18.4 Å². The fraction of sp³-hybridized carbons (Fsp3) is 0.250. The molecule has 2 N–H and O–H groups in total. The summed E-state index contributed by atoms with van der Waals surface area (Å²) < 4.78 is 30.3. The second-order valence-electron chi connectivity index (χ2n) is 4.24. The lowest BCUT2D eigenvalue weighted by Gasteiger charge is -2.10. The minimum atomic E-state index is -3.81. The standard InChI is InChI=1S/C12H15N3O3S/c1-9-3-4-10(11(7-9)19(13,16)17)18-8-12-14-5-6-15(12)2/h3-7H,8H2,1-2H3,(H2,13,16,17). The molecule has 0 unspecified atom stereocenters.